The third kappa shape index (κ3) is 4.25. The van der Waals surface area contributed by atoms with Gasteiger partial charge in [0.1, 0.15) is 0 Å². The van der Waals surface area contributed by atoms with Crippen molar-refractivity contribution in [2.45, 2.75) is 20.4 Å². The van der Waals surface area contributed by atoms with Crippen LogP contribution in [0.3, 0.4) is 0 Å². The lowest BCUT2D eigenvalue weighted by atomic mass is 10.1. The Kier molecular flexibility index (Phi) is 5.49. The van der Waals surface area contributed by atoms with Crippen molar-refractivity contribution in [2.24, 2.45) is 0 Å². The number of aryl methyl sites for hydroxylation is 2. The van der Waals surface area contributed by atoms with Crippen molar-refractivity contribution >= 4 is 38.7 Å². The minimum atomic E-state index is -0.105. The van der Waals surface area contributed by atoms with Gasteiger partial charge in [0.2, 0.25) is 0 Å². The van der Waals surface area contributed by atoms with E-state index in [0.717, 1.165) is 26.9 Å². The quantitative estimate of drug-likeness (QED) is 0.413. The van der Waals surface area contributed by atoms with Crippen LogP contribution in [-0.2, 0) is 11.3 Å². The Balaban J connectivity index is 1.71. The lowest BCUT2D eigenvalue weighted by molar-refractivity contribution is -0.114. The summed E-state index contributed by atoms with van der Waals surface area (Å²) in [5, 5.41) is 0.695. The van der Waals surface area contributed by atoms with E-state index in [1.54, 1.807) is 23.4 Å². The van der Waals surface area contributed by atoms with E-state index in [-0.39, 0.29) is 5.91 Å². The van der Waals surface area contributed by atoms with E-state index in [9.17, 15) is 4.79 Å². The summed E-state index contributed by atoms with van der Waals surface area (Å²) in [7, 11) is 0. The highest BCUT2D eigenvalue weighted by Crippen LogP contribution is 2.32. The van der Waals surface area contributed by atoms with Gasteiger partial charge in [0.15, 0.2) is 5.13 Å². The second-order valence-electron chi connectivity index (χ2n) is 6.88. The van der Waals surface area contributed by atoms with Crippen LogP contribution in [0.5, 0.6) is 0 Å². The predicted molar refractivity (Wildman–Crippen MR) is 120 cm³/mol. The zero-order valence-corrected chi connectivity index (χ0v) is 17.2. The molecule has 4 aromatic rings. The van der Waals surface area contributed by atoms with Gasteiger partial charge < -0.3 is 0 Å². The molecule has 0 saturated carbocycles. The van der Waals surface area contributed by atoms with Gasteiger partial charge in [-0.3, -0.25) is 14.7 Å². The summed E-state index contributed by atoms with van der Waals surface area (Å²) in [6, 6.07) is 17.8. The minimum absolute atomic E-state index is 0.105. The van der Waals surface area contributed by atoms with Gasteiger partial charge in [-0.2, -0.15) is 0 Å². The van der Waals surface area contributed by atoms with Gasteiger partial charge in [-0.05, 0) is 54.3 Å². The number of nitrogens with zero attached hydrogens (tertiary/aromatic N) is 3. The molecule has 0 radical (unpaired) electrons. The molecule has 0 aliphatic carbocycles. The number of aromatic nitrogens is 2. The van der Waals surface area contributed by atoms with Gasteiger partial charge in [-0.25, -0.2) is 4.98 Å². The van der Waals surface area contributed by atoms with Crippen molar-refractivity contribution in [3.63, 3.8) is 0 Å². The van der Waals surface area contributed by atoms with Crippen LogP contribution in [0.25, 0.3) is 16.3 Å². The van der Waals surface area contributed by atoms with Crippen molar-refractivity contribution in [3.8, 4) is 0 Å². The monoisotopic (exact) mass is 399 g/mol. The zero-order valence-electron chi connectivity index (χ0n) is 16.4. The van der Waals surface area contributed by atoms with Crippen molar-refractivity contribution in [1.29, 1.82) is 0 Å². The molecular weight excluding hydrogens is 378 g/mol. The molecule has 2 aromatic heterocycles. The normalized spacial score (nSPS) is 11.2. The number of hydrogen-bond acceptors (Lipinski definition) is 4. The third-order valence-electron chi connectivity index (χ3n) is 4.85. The maximum atomic E-state index is 13.1. The molecule has 0 atom stereocenters. The molecule has 2 heterocycles. The molecule has 0 unspecified atom stereocenters. The first-order valence-electron chi connectivity index (χ1n) is 9.42. The highest BCUT2D eigenvalue weighted by molar-refractivity contribution is 7.22. The Morgan fingerprint density at radius 1 is 1.07 bits per heavy atom. The number of thiazole rings is 1. The number of pyridine rings is 1. The molecule has 0 spiro atoms. The van der Waals surface area contributed by atoms with E-state index in [0.29, 0.717) is 11.7 Å². The van der Waals surface area contributed by atoms with Crippen LogP contribution in [0.1, 0.15) is 22.3 Å². The van der Waals surface area contributed by atoms with Gasteiger partial charge in [0, 0.05) is 18.5 Å². The summed E-state index contributed by atoms with van der Waals surface area (Å²) >= 11 is 1.54. The average Bonchev–Trinajstić information content (AvgIpc) is 3.19. The molecule has 1 amide bonds. The molecule has 0 N–H and O–H groups in total. The molecule has 0 fully saturated rings. The summed E-state index contributed by atoms with van der Waals surface area (Å²) in [5.74, 6) is -0.105. The lowest BCUT2D eigenvalue weighted by Gasteiger charge is -2.18. The van der Waals surface area contributed by atoms with E-state index < -0.39 is 0 Å². The van der Waals surface area contributed by atoms with E-state index >= 15 is 0 Å². The van der Waals surface area contributed by atoms with Crippen molar-refractivity contribution in [3.05, 3.63) is 95.3 Å². The van der Waals surface area contributed by atoms with E-state index in [2.05, 4.69) is 31.0 Å². The number of fused-ring (bicyclic) bond motifs is 1. The molecule has 5 heteroatoms. The molecular formula is C24H21N3OS. The predicted octanol–water partition coefficient (Wildman–Crippen LogP) is 5.55. The number of anilines is 1. The fraction of sp³-hybridized carbons (Fsp3) is 0.125. The number of rotatable bonds is 5. The maximum Gasteiger partial charge on any atom is 0.253 e. The fourth-order valence-electron chi connectivity index (χ4n) is 3.07. The van der Waals surface area contributed by atoms with Gasteiger partial charge in [-0.15, -0.1) is 0 Å². The third-order valence-corrected chi connectivity index (χ3v) is 5.90. The van der Waals surface area contributed by atoms with Crippen molar-refractivity contribution < 1.29 is 4.79 Å². The highest BCUT2D eigenvalue weighted by Gasteiger charge is 2.19. The second kappa shape index (κ2) is 8.37. The Morgan fingerprint density at radius 3 is 2.66 bits per heavy atom. The van der Waals surface area contributed by atoms with Crippen LogP contribution in [-0.4, -0.2) is 15.9 Å². The van der Waals surface area contributed by atoms with Crippen LogP contribution in [0.4, 0.5) is 5.13 Å². The Morgan fingerprint density at radius 2 is 1.90 bits per heavy atom. The van der Waals surface area contributed by atoms with Gasteiger partial charge in [0.05, 0.1) is 16.8 Å². The second-order valence-corrected chi connectivity index (χ2v) is 7.89. The zero-order chi connectivity index (χ0) is 20.2. The summed E-state index contributed by atoms with van der Waals surface area (Å²) < 4.78 is 1.08. The number of carbonyl (C=O) groups is 1. The van der Waals surface area contributed by atoms with E-state index in [1.807, 2.05) is 48.5 Å². The smallest absolute Gasteiger partial charge is 0.253 e. The largest absolute Gasteiger partial charge is 0.280 e. The highest BCUT2D eigenvalue weighted by atomic mass is 32.1. The number of amides is 1. The maximum absolute atomic E-state index is 13.1. The minimum Gasteiger partial charge on any atom is -0.280 e. The SMILES string of the molecule is Cc1ccc2sc(N(Cc3cccnc3)C(=O)/C=C/c3ccccc3)nc2c1C. The van der Waals surface area contributed by atoms with Gasteiger partial charge in [-0.1, -0.05) is 53.8 Å². The Bertz CT molecular complexity index is 1170. The number of hydrogen-bond donors (Lipinski definition) is 0. The summed E-state index contributed by atoms with van der Waals surface area (Å²) in [5.41, 5.74) is 5.25. The molecule has 0 aliphatic heterocycles. The first kappa shape index (κ1) is 19.0. The Labute approximate surface area is 174 Å². The van der Waals surface area contributed by atoms with Crippen molar-refractivity contribution in [1.82, 2.24) is 9.97 Å². The van der Waals surface area contributed by atoms with Crippen LogP contribution >= 0.6 is 11.3 Å². The first-order valence-corrected chi connectivity index (χ1v) is 10.2. The topological polar surface area (TPSA) is 46.1 Å². The van der Waals surface area contributed by atoms with Crippen LogP contribution in [0, 0.1) is 13.8 Å². The summed E-state index contributed by atoms with van der Waals surface area (Å²) in [6.07, 6.45) is 6.95. The molecule has 0 bridgehead atoms. The number of benzene rings is 2. The number of carbonyl (C=O) groups excluding carboxylic acids is 1. The standard InChI is InChI=1S/C24H21N3OS/c1-17-10-12-21-23(18(17)2)26-24(29-21)27(16-20-9-6-14-25-15-20)22(28)13-11-19-7-4-3-5-8-19/h3-15H,16H2,1-2H3/b13-11+. The molecule has 4 rings (SSSR count). The van der Waals surface area contributed by atoms with Crippen LogP contribution in [0.15, 0.2) is 73.1 Å². The van der Waals surface area contributed by atoms with Gasteiger partial charge >= 0.3 is 0 Å². The molecule has 144 valence electrons. The molecule has 2 aromatic carbocycles. The summed E-state index contributed by atoms with van der Waals surface area (Å²) in [4.78, 5) is 23.8. The van der Waals surface area contributed by atoms with Crippen LogP contribution < -0.4 is 4.90 Å². The first-order chi connectivity index (χ1) is 14.1. The average molecular weight is 400 g/mol. The molecule has 0 saturated heterocycles. The molecule has 29 heavy (non-hydrogen) atoms. The van der Waals surface area contributed by atoms with E-state index in [4.69, 9.17) is 4.98 Å². The fourth-order valence-corrected chi connectivity index (χ4v) is 4.10. The van der Waals surface area contributed by atoms with Gasteiger partial charge in [0.25, 0.3) is 5.91 Å². The molecule has 0 aliphatic rings. The van der Waals surface area contributed by atoms with E-state index in [1.165, 1.54) is 16.9 Å². The Hall–Kier alpha value is -3.31. The lowest BCUT2D eigenvalue weighted by Crippen LogP contribution is -2.28. The van der Waals surface area contributed by atoms with Crippen molar-refractivity contribution in [2.75, 3.05) is 4.90 Å². The summed E-state index contributed by atoms with van der Waals surface area (Å²) in [6.45, 7) is 4.57. The molecule has 4 nitrogen and oxygen atoms in total. The van der Waals surface area contributed by atoms with Crippen LogP contribution in [0.2, 0.25) is 0 Å².